The molecule has 0 radical (unpaired) electrons. The molecule has 1 heterocycles. The molecule has 0 aliphatic carbocycles. The predicted octanol–water partition coefficient (Wildman–Crippen LogP) is 2.20. The van der Waals surface area contributed by atoms with E-state index in [4.69, 9.17) is 0 Å². The summed E-state index contributed by atoms with van der Waals surface area (Å²) in [6.45, 7) is 1.25. The summed E-state index contributed by atoms with van der Waals surface area (Å²) in [6.07, 6.45) is 0.756. The fourth-order valence-electron chi connectivity index (χ4n) is 2.11. The Hall–Kier alpha value is -0.390. The second-order valence-corrected chi connectivity index (χ2v) is 7.03. The molecule has 5 heteroatoms. The van der Waals surface area contributed by atoms with Crippen LogP contribution in [0.5, 0.6) is 0 Å². The lowest BCUT2D eigenvalue weighted by atomic mass is 10.0. The van der Waals surface area contributed by atoms with Gasteiger partial charge in [0, 0.05) is 24.3 Å². The number of sulfonamides is 1. The Bertz CT molecular complexity index is 461. The SMILES string of the molecule is O=S1(=O)CCCN1CC(CBr)c1ccccc1. The van der Waals surface area contributed by atoms with Crippen LogP contribution in [0.2, 0.25) is 0 Å². The van der Waals surface area contributed by atoms with Crippen LogP contribution in [0, 0.1) is 0 Å². The molecule has 0 bridgehead atoms. The van der Waals surface area contributed by atoms with Crippen molar-refractivity contribution >= 4 is 26.0 Å². The van der Waals surface area contributed by atoms with E-state index in [0.29, 0.717) is 18.8 Å². The Balaban J connectivity index is 2.11. The minimum atomic E-state index is -2.99. The van der Waals surface area contributed by atoms with Crippen LogP contribution in [-0.4, -0.2) is 36.9 Å². The standard InChI is InChI=1S/C12H16BrNO2S/c13-9-12(11-5-2-1-3-6-11)10-14-7-4-8-17(14,15)16/h1-3,5-6,12H,4,7-10H2. The lowest BCUT2D eigenvalue weighted by Gasteiger charge is -2.21. The van der Waals surface area contributed by atoms with Gasteiger partial charge in [-0.05, 0) is 12.0 Å². The van der Waals surface area contributed by atoms with Gasteiger partial charge in [-0.3, -0.25) is 0 Å². The summed E-state index contributed by atoms with van der Waals surface area (Å²) < 4.78 is 25.1. The third-order valence-electron chi connectivity index (χ3n) is 3.08. The van der Waals surface area contributed by atoms with Gasteiger partial charge in [0.1, 0.15) is 0 Å². The maximum Gasteiger partial charge on any atom is 0.214 e. The molecule has 94 valence electrons. The highest BCUT2D eigenvalue weighted by molar-refractivity contribution is 9.09. The first kappa shape index (κ1) is 13.1. The molecule has 2 rings (SSSR count). The van der Waals surface area contributed by atoms with Crippen molar-refractivity contribution in [3.63, 3.8) is 0 Å². The van der Waals surface area contributed by atoms with E-state index in [1.54, 1.807) is 4.31 Å². The maximum atomic E-state index is 11.8. The summed E-state index contributed by atoms with van der Waals surface area (Å²) in [5, 5.41) is 0.781. The van der Waals surface area contributed by atoms with E-state index >= 15 is 0 Å². The molecular formula is C12H16BrNO2S. The smallest absolute Gasteiger partial charge is 0.212 e. The average molecular weight is 318 g/mol. The number of halogens is 1. The molecule has 17 heavy (non-hydrogen) atoms. The van der Waals surface area contributed by atoms with Gasteiger partial charge in [0.15, 0.2) is 0 Å². The van der Waals surface area contributed by atoms with E-state index in [-0.39, 0.29) is 5.92 Å². The highest BCUT2D eigenvalue weighted by Gasteiger charge is 2.30. The quantitative estimate of drug-likeness (QED) is 0.798. The Morgan fingerprint density at radius 2 is 2.00 bits per heavy atom. The van der Waals surface area contributed by atoms with E-state index in [0.717, 1.165) is 11.8 Å². The molecule has 1 aliphatic rings. The van der Waals surface area contributed by atoms with Crippen molar-refractivity contribution in [3.05, 3.63) is 35.9 Å². The van der Waals surface area contributed by atoms with Gasteiger partial charge in [-0.1, -0.05) is 46.3 Å². The van der Waals surface area contributed by atoms with Gasteiger partial charge in [-0.25, -0.2) is 12.7 Å². The van der Waals surface area contributed by atoms with Crippen molar-refractivity contribution in [3.8, 4) is 0 Å². The lowest BCUT2D eigenvalue weighted by molar-refractivity contribution is 0.423. The van der Waals surface area contributed by atoms with Crippen LogP contribution in [0.4, 0.5) is 0 Å². The normalized spacial score (nSPS) is 21.5. The molecule has 1 aromatic rings. The molecule has 3 nitrogen and oxygen atoms in total. The van der Waals surface area contributed by atoms with Crippen LogP contribution in [0.15, 0.2) is 30.3 Å². The van der Waals surface area contributed by atoms with E-state index in [1.165, 1.54) is 5.56 Å². The molecule has 1 fully saturated rings. The summed E-state index contributed by atoms with van der Waals surface area (Å²) in [5.41, 5.74) is 1.19. The fraction of sp³-hybridized carbons (Fsp3) is 0.500. The molecule has 1 aromatic carbocycles. The number of hydrogen-bond donors (Lipinski definition) is 0. The molecule has 1 saturated heterocycles. The van der Waals surface area contributed by atoms with Gasteiger partial charge >= 0.3 is 0 Å². The van der Waals surface area contributed by atoms with Crippen molar-refractivity contribution in [1.82, 2.24) is 4.31 Å². The minimum absolute atomic E-state index is 0.226. The van der Waals surface area contributed by atoms with Crippen molar-refractivity contribution in [2.24, 2.45) is 0 Å². The summed E-state index contributed by atoms with van der Waals surface area (Å²) in [6, 6.07) is 10.1. The Kier molecular flexibility index (Phi) is 4.22. The van der Waals surface area contributed by atoms with Gasteiger partial charge in [0.25, 0.3) is 0 Å². The fourth-order valence-corrected chi connectivity index (χ4v) is 4.26. The summed E-state index contributed by atoms with van der Waals surface area (Å²) in [4.78, 5) is 0. The third-order valence-corrected chi connectivity index (χ3v) is 5.79. The van der Waals surface area contributed by atoms with Crippen LogP contribution < -0.4 is 0 Å². The molecular weight excluding hydrogens is 302 g/mol. The molecule has 0 saturated carbocycles. The third kappa shape index (κ3) is 3.09. The number of hydrogen-bond acceptors (Lipinski definition) is 2. The molecule has 0 N–H and O–H groups in total. The number of rotatable bonds is 4. The topological polar surface area (TPSA) is 37.4 Å². The highest BCUT2D eigenvalue weighted by Crippen LogP contribution is 2.23. The summed E-state index contributed by atoms with van der Waals surface area (Å²) >= 11 is 3.48. The molecule has 0 spiro atoms. The number of nitrogens with zero attached hydrogens (tertiary/aromatic N) is 1. The zero-order chi connectivity index (χ0) is 12.3. The van der Waals surface area contributed by atoms with Crippen LogP contribution in [0.25, 0.3) is 0 Å². The highest BCUT2D eigenvalue weighted by atomic mass is 79.9. The van der Waals surface area contributed by atoms with Gasteiger partial charge in [-0.2, -0.15) is 0 Å². The van der Waals surface area contributed by atoms with Crippen LogP contribution >= 0.6 is 15.9 Å². The second-order valence-electron chi connectivity index (χ2n) is 4.29. The minimum Gasteiger partial charge on any atom is -0.212 e. The zero-order valence-corrected chi connectivity index (χ0v) is 12.0. The van der Waals surface area contributed by atoms with Gasteiger partial charge in [-0.15, -0.1) is 0 Å². The molecule has 1 atom stereocenters. The van der Waals surface area contributed by atoms with Gasteiger partial charge in [0.05, 0.1) is 5.75 Å². The maximum absolute atomic E-state index is 11.8. The predicted molar refractivity (Wildman–Crippen MR) is 73.0 cm³/mol. The van der Waals surface area contributed by atoms with Crippen molar-refractivity contribution in [2.75, 3.05) is 24.2 Å². The van der Waals surface area contributed by atoms with E-state index in [1.807, 2.05) is 18.2 Å². The molecule has 0 amide bonds. The largest absolute Gasteiger partial charge is 0.214 e. The van der Waals surface area contributed by atoms with E-state index in [9.17, 15) is 8.42 Å². The summed E-state index contributed by atoms with van der Waals surface area (Å²) in [5.74, 6) is 0.528. The van der Waals surface area contributed by atoms with Gasteiger partial charge < -0.3 is 0 Å². The second kappa shape index (κ2) is 5.50. The van der Waals surface area contributed by atoms with Crippen molar-refractivity contribution in [2.45, 2.75) is 12.3 Å². The lowest BCUT2D eigenvalue weighted by Crippen LogP contribution is -2.31. The zero-order valence-electron chi connectivity index (χ0n) is 9.55. The van der Waals surface area contributed by atoms with E-state index < -0.39 is 10.0 Å². The van der Waals surface area contributed by atoms with E-state index in [2.05, 4.69) is 28.1 Å². The van der Waals surface area contributed by atoms with Gasteiger partial charge in [0.2, 0.25) is 10.0 Å². The summed E-state index contributed by atoms with van der Waals surface area (Å²) in [7, 11) is -2.99. The van der Waals surface area contributed by atoms with Crippen LogP contribution in [-0.2, 0) is 10.0 Å². The first-order valence-corrected chi connectivity index (χ1v) is 8.45. The molecule has 1 unspecified atom stereocenters. The van der Waals surface area contributed by atoms with Crippen molar-refractivity contribution in [1.29, 1.82) is 0 Å². The van der Waals surface area contributed by atoms with Crippen LogP contribution in [0.1, 0.15) is 17.9 Å². The Labute approximate surface area is 111 Å². The molecule has 0 aromatic heterocycles. The number of alkyl halides is 1. The van der Waals surface area contributed by atoms with Crippen LogP contribution in [0.3, 0.4) is 0 Å². The first-order chi connectivity index (χ1) is 8.13. The number of benzene rings is 1. The Morgan fingerprint density at radius 3 is 2.53 bits per heavy atom. The Morgan fingerprint density at radius 1 is 1.29 bits per heavy atom. The monoisotopic (exact) mass is 317 g/mol. The molecule has 1 aliphatic heterocycles. The average Bonchev–Trinajstić information content (AvgIpc) is 2.66. The first-order valence-electron chi connectivity index (χ1n) is 5.72. The van der Waals surface area contributed by atoms with Crippen molar-refractivity contribution < 1.29 is 8.42 Å².